The minimum Gasteiger partial charge on any atom is -0.397 e. The van der Waals surface area contributed by atoms with Crippen LogP contribution in [-0.2, 0) is 10.0 Å². The molecule has 5 N–H and O–H groups in total. The van der Waals surface area contributed by atoms with Crippen molar-refractivity contribution < 1.29 is 8.42 Å². The second kappa shape index (κ2) is 5.45. The van der Waals surface area contributed by atoms with Crippen LogP contribution in [0, 0.1) is 0 Å². The molecule has 0 aliphatic heterocycles. The normalized spacial score (nSPS) is 11.8. The Morgan fingerprint density at radius 3 is 2.89 bits per heavy atom. The fourth-order valence-electron chi connectivity index (χ4n) is 1.73. The van der Waals surface area contributed by atoms with Crippen LogP contribution >= 0.6 is 0 Å². The second-order valence-electron chi connectivity index (χ2n) is 4.34. The van der Waals surface area contributed by atoms with Crippen LogP contribution < -0.4 is 15.8 Å². The topological polar surface area (TPSA) is 113 Å². The van der Waals surface area contributed by atoms with Gasteiger partial charge in [0.15, 0.2) is 0 Å². The molecular weight excluding hydrogens is 266 g/mol. The molecular formula is C11H17N5O2S. The van der Waals surface area contributed by atoms with Gasteiger partial charge < -0.3 is 11.1 Å². The highest BCUT2D eigenvalue weighted by Crippen LogP contribution is 2.24. The van der Waals surface area contributed by atoms with Crippen LogP contribution in [0.1, 0.15) is 6.42 Å². The molecule has 1 aromatic heterocycles. The fourth-order valence-corrected chi connectivity index (χ4v) is 2.25. The van der Waals surface area contributed by atoms with Crippen molar-refractivity contribution >= 4 is 32.3 Å². The average Bonchev–Trinajstić information content (AvgIpc) is 2.74. The van der Waals surface area contributed by atoms with Crippen molar-refractivity contribution in [2.24, 2.45) is 0 Å². The van der Waals surface area contributed by atoms with Gasteiger partial charge in [0, 0.05) is 18.5 Å². The smallest absolute Gasteiger partial charge is 0.208 e. The number of sulfonamides is 1. The van der Waals surface area contributed by atoms with Crippen molar-refractivity contribution in [3.8, 4) is 0 Å². The highest BCUT2D eigenvalue weighted by Gasteiger charge is 2.03. The number of nitrogen functional groups attached to an aromatic ring is 1. The van der Waals surface area contributed by atoms with Gasteiger partial charge in [0.1, 0.15) is 0 Å². The van der Waals surface area contributed by atoms with Crippen LogP contribution in [0.4, 0.5) is 11.4 Å². The Labute approximate surface area is 111 Å². The molecule has 2 rings (SSSR count). The number of nitrogens with two attached hydrogens (primary N) is 1. The van der Waals surface area contributed by atoms with Gasteiger partial charge in [0.2, 0.25) is 10.0 Å². The Balaban J connectivity index is 1.89. The SMILES string of the molecule is CS(=O)(=O)NCCCNc1cc2[nH]ncc2cc1N. The monoisotopic (exact) mass is 283 g/mol. The number of nitrogens with one attached hydrogen (secondary N) is 3. The number of aromatic amines is 1. The number of H-pyrrole nitrogens is 1. The molecule has 2 aromatic rings. The Kier molecular flexibility index (Phi) is 3.91. The first-order valence-corrected chi connectivity index (χ1v) is 7.76. The van der Waals surface area contributed by atoms with E-state index in [1.165, 1.54) is 0 Å². The fraction of sp³-hybridized carbons (Fsp3) is 0.364. The Morgan fingerprint density at radius 1 is 1.37 bits per heavy atom. The first kappa shape index (κ1) is 13.6. The third-order valence-electron chi connectivity index (χ3n) is 2.64. The van der Waals surface area contributed by atoms with Gasteiger partial charge in [-0.2, -0.15) is 5.10 Å². The largest absolute Gasteiger partial charge is 0.397 e. The Morgan fingerprint density at radius 2 is 2.16 bits per heavy atom. The lowest BCUT2D eigenvalue weighted by Gasteiger charge is -2.09. The number of hydrogen-bond donors (Lipinski definition) is 4. The lowest BCUT2D eigenvalue weighted by molar-refractivity contribution is 0.586. The van der Waals surface area contributed by atoms with Crippen LogP contribution in [0.15, 0.2) is 18.3 Å². The maximum Gasteiger partial charge on any atom is 0.208 e. The molecule has 8 heteroatoms. The number of aromatic nitrogens is 2. The third kappa shape index (κ3) is 3.83. The van der Waals surface area contributed by atoms with Gasteiger partial charge in [-0.05, 0) is 18.6 Å². The molecule has 0 amide bonds. The number of nitrogens with zero attached hydrogens (tertiary/aromatic N) is 1. The molecule has 0 radical (unpaired) electrons. The van der Waals surface area contributed by atoms with Gasteiger partial charge >= 0.3 is 0 Å². The van der Waals surface area contributed by atoms with Crippen LogP contribution in [0.3, 0.4) is 0 Å². The summed E-state index contributed by atoms with van der Waals surface area (Å²) in [6, 6.07) is 3.73. The van der Waals surface area contributed by atoms with Crippen molar-refractivity contribution in [3.05, 3.63) is 18.3 Å². The number of anilines is 2. The van der Waals surface area contributed by atoms with Crippen LogP contribution in [-0.4, -0.2) is 38.0 Å². The van der Waals surface area contributed by atoms with Crippen LogP contribution in [0.25, 0.3) is 10.9 Å². The summed E-state index contributed by atoms with van der Waals surface area (Å²) in [7, 11) is -3.11. The highest BCUT2D eigenvalue weighted by atomic mass is 32.2. The lowest BCUT2D eigenvalue weighted by Crippen LogP contribution is -2.24. The van der Waals surface area contributed by atoms with E-state index in [0.29, 0.717) is 25.2 Å². The highest BCUT2D eigenvalue weighted by molar-refractivity contribution is 7.88. The van der Waals surface area contributed by atoms with Crippen molar-refractivity contribution in [2.45, 2.75) is 6.42 Å². The zero-order valence-electron chi connectivity index (χ0n) is 10.6. The predicted octanol–water partition coefficient (Wildman–Crippen LogP) is 0.496. The van der Waals surface area contributed by atoms with E-state index in [1.54, 1.807) is 6.20 Å². The van der Waals surface area contributed by atoms with Gasteiger partial charge in [-0.25, -0.2) is 13.1 Å². The van der Waals surface area contributed by atoms with Crippen molar-refractivity contribution in [2.75, 3.05) is 30.4 Å². The molecule has 1 aromatic carbocycles. The molecule has 19 heavy (non-hydrogen) atoms. The summed E-state index contributed by atoms with van der Waals surface area (Å²) in [5, 5.41) is 10.9. The first-order valence-electron chi connectivity index (χ1n) is 5.87. The van der Waals surface area contributed by atoms with Gasteiger partial charge in [-0.1, -0.05) is 0 Å². The second-order valence-corrected chi connectivity index (χ2v) is 6.18. The van der Waals surface area contributed by atoms with E-state index in [2.05, 4.69) is 20.2 Å². The van der Waals surface area contributed by atoms with E-state index in [4.69, 9.17) is 5.73 Å². The predicted molar refractivity (Wildman–Crippen MR) is 76.5 cm³/mol. The summed E-state index contributed by atoms with van der Waals surface area (Å²) in [6.07, 6.45) is 3.53. The molecule has 0 fully saturated rings. The summed E-state index contributed by atoms with van der Waals surface area (Å²) >= 11 is 0. The Bertz CT molecular complexity index is 665. The summed E-state index contributed by atoms with van der Waals surface area (Å²) in [6.45, 7) is 1.03. The van der Waals surface area contributed by atoms with Gasteiger partial charge in [0.05, 0.1) is 29.3 Å². The summed E-state index contributed by atoms with van der Waals surface area (Å²) in [4.78, 5) is 0. The number of fused-ring (bicyclic) bond motifs is 1. The standard InChI is InChI=1S/C11H17N5O2S/c1-19(17,18)15-4-2-3-13-11-6-10-8(5-9(11)12)7-14-16-10/h5-7,13,15H,2-4,12H2,1H3,(H,14,16). The molecule has 0 unspecified atom stereocenters. The number of benzene rings is 1. The van der Waals surface area contributed by atoms with Crippen molar-refractivity contribution in [1.82, 2.24) is 14.9 Å². The van der Waals surface area contributed by atoms with E-state index in [-0.39, 0.29) is 0 Å². The number of rotatable bonds is 6. The van der Waals surface area contributed by atoms with E-state index >= 15 is 0 Å². The molecule has 0 bridgehead atoms. The summed E-state index contributed by atoms with van der Waals surface area (Å²) in [5.41, 5.74) is 8.28. The van der Waals surface area contributed by atoms with Crippen molar-refractivity contribution in [1.29, 1.82) is 0 Å². The molecule has 0 aliphatic carbocycles. The zero-order chi connectivity index (χ0) is 13.9. The van der Waals surface area contributed by atoms with E-state index in [9.17, 15) is 8.42 Å². The van der Waals surface area contributed by atoms with Gasteiger partial charge in [-0.15, -0.1) is 0 Å². The molecule has 0 spiro atoms. The van der Waals surface area contributed by atoms with E-state index in [1.807, 2.05) is 12.1 Å². The Hall–Kier alpha value is -1.80. The minimum atomic E-state index is -3.11. The van der Waals surface area contributed by atoms with Gasteiger partial charge in [-0.3, -0.25) is 5.10 Å². The molecule has 1 heterocycles. The quantitative estimate of drug-likeness (QED) is 0.455. The van der Waals surface area contributed by atoms with E-state index < -0.39 is 10.0 Å². The molecule has 0 atom stereocenters. The lowest BCUT2D eigenvalue weighted by atomic mass is 10.2. The van der Waals surface area contributed by atoms with Crippen LogP contribution in [0.2, 0.25) is 0 Å². The number of hydrogen-bond acceptors (Lipinski definition) is 5. The van der Waals surface area contributed by atoms with Crippen LogP contribution in [0.5, 0.6) is 0 Å². The molecule has 104 valence electrons. The summed E-state index contributed by atoms with van der Waals surface area (Å²) in [5.74, 6) is 0. The molecule has 0 saturated carbocycles. The maximum atomic E-state index is 10.9. The maximum absolute atomic E-state index is 10.9. The molecule has 0 aliphatic rings. The summed E-state index contributed by atoms with van der Waals surface area (Å²) < 4.78 is 24.2. The molecule has 7 nitrogen and oxygen atoms in total. The first-order chi connectivity index (χ1) is 8.96. The minimum absolute atomic E-state index is 0.401. The van der Waals surface area contributed by atoms with Gasteiger partial charge in [0.25, 0.3) is 0 Å². The van der Waals surface area contributed by atoms with Crippen molar-refractivity contribution in [3.63, 3.8) is 0 Å². The third-order valence-corrected chi connectivity index (χ3v) is 3.37. The average molecular weight is 283 g/mol. The molecule has 0 saturated heterocycles. The van der Waals surface area contributed by atoms with E-state index in [0.717, 1.165) is 22.8 Å². The zero-order valence-corrected chi connectivity index (χ0v) is 11.4.